The van der Waals surface area contributed by atoms with Gasteiger partial charge in [-0.3, -0.25) is 0 Å². The van der Waals surface area contributed by atoms with E-state index in [0.717, 1.165) is 5.69 Å². The number of hydrogen-bond acceptors (Lipinski definition) is 2. The van der Waals surface area contributed by atoms with E-state index >= 15 is 0 Å². The number of nitrogens with one attached hydrogen (secondary N) is 1. The van der Waals surface area contributed by atoms with Gasteiger partial charge in [-0.2, -0.15) is 0 Å². The molecule has 0 fully saturated rings. The van der Waals surface area contributed by atoms with Crippen LogP contribution in [0.5, 0.6) is 0 Å². The van der Waals surface area contributed by atoms with Gasteiger partial charge in [0.25, 0.3) is 0 Å². The molecule has 0 radical (unpaired) electrons. The van der Waals surface area contributed by atoms with Crippen LogP contribution in [0, 0.1) is 0 Å². The number of anilines is 1. The van der Waals surface area contributed by atoms with Gasteiger partial charge < -0.3 is 10.4 Å². The number of rotatable bonds is 3. The lowest BCUT2D eigenvalue weighted by Crippen LogP contribution is -2.39. The lowest BCUT2D eigenvalue weighted by atomic mass is 9.87. The molecule has 0 amide bonds. The van der Waals surface area contributed by atoms with Crippen molar-refractivity contribution in [2.45, 2.75) is 45.6 Å². The second-order valence-corrected chi connectivity index (χ2v) is 5.88. The molecule has 0 aliphatic heterocycles. The summed E-state index contributed by atoms with van der Waals surface area (Å²) in [7, 11) is 0. The second-order valence-electron chi connectivity index (χ2n) is 5.88. The van der Waals surface area contributed by atoms with Crippen LogP contribution in [-0.4, -0.2) is 16.6 Å². The summed E-state index contributed by atoms with van der Waals surface area (Å²) in [5.41, 5.74) is 1.21. The van der Waals surface area contributed by atoms with Crippen molar-refractivity contribution >= 4 is 11.7 Å². The maximum Gasteiger partial charge on any atom is 0.328 e. The van der Waals surface area contributed by atoms with Crippen molar-refractivity contribution in [1.29, 1.82) is 0 Å². The molecule has 0 unspecified atom stereocenters. The fraction of sp³-hybridized carbons (Fsp3) is 0.500. The van der Waals surface area contributed by atoms with Gasteiger partial charge in [-0.05, 0) is 37.0 Å². The zero-order valence-electron chi connectivity index (χ0n) is 11.2. The van der Waals surface area contributed by atoms with Gasteiger partial charge in [-0.25, -0.2) is 4.79 Å². The number of carboxylic acids is 1. The number of aliphatic carboxylic acids is 1. The fourth-order valence-electron chi connectivity index (χ4n) is 1.47. The Balaban J connectivity index is 2.86. The third-order valence-electron chi connectivity index (χ3n) is 2.74. The molecule has 0 aromatic heterocycles. The van der Waals surface area contributed by atoms with E-state index in [0.29, 0.717) is 0 Å². The highest BCUT2D eigenvalue weighted by atomic mass is 16.4. The third-order valence-corrected chi connectivity index (χ3v) is 2.74. The van der Waals surface area contributed by atoms with Crippen LogP contribution in [-0.2, 0) is 10.2 Å². The van der Waals surface area contributed by atoms with Crippen molar-refractivity contribution in [2.24, 2.45) is 0 Å². The first kappa shape index (κ1) is 13.6. The standard InChI is InChI=1S/C14H21NO2/c1-13(2,3)10-6-8-11(9-7-10)15-14(4,5)12(16)17/h6-9,15H,1-5H3,(H,16,17). The molecule has 0 heterocycles. The van der Waals surface area contributed by atoms with E-state index in [1.54, 1.807) is 13.8 Å². The number of carbonyl (C=O) groups is 1. The van der Waals surface area contributed by atoms with E-state index < -0.39 is 11.5 Å². The predicted octanol–water partition coefficient (Wildman–Crippen LogP) is 3.26. The topological polar surface area (TPSA) is 49.3 Å². The largest absolute Gasteiger partial charge is 0.480 e. The summed E-state index contributed by atoms with van der Waals surface area (Å²) >= 11 is 0. The molecule has 94 valence electrons. The summed E-state index contributed by atoms with van der Waals surface area (Å²) in [4.78, 5) is 11.0. The maximum absolute atomic E-state index is 11.0. The van der Waals surface area contributed by atoms with Crippen LogP contribution in [0.1, 0.15) is 40.2 Å². The summed E-state index contributed by atoms with van der Waals surface area (Å²) in [5, 5.41) is 12.0. The quantitative estimate of drug-likeness (QED) is 0.845. The first-order valence-corrected chi connectivity index (χ1v) is 5.75. The number of carboxylic acid groups (broad SMARTS) is 1. The Morgan fingerprint density at radius 3 is 1.88 bits per heavy atom. The van der Waals surface area contributed by atoms with Crippen LogP contribution in [0.3, 0.4) is 0 Å². The summed E-state index contributed by atoms with van der Waals surface area (Å²) in [6.45, 7) is 9.74. The minimum absolute atomic E-state index is 0.112. The molecule has 0 saturated carbocycles. The van der Waals surface area contributed by atoms with Crippen molar-refractivity contribution < 1.29 is 9.90 Å². The van der Waals surface area contributed by atoms with Crippen LogP contribution in [0.2, 0.25) is 0 Å². The van der Waals surface area contributed by atoms with Crippen LogP contribution in [0.15, 0.2) is 24.3 Å². The van der Waals surface area contributed by atoms with Gasteiger partial charge in [0.15, 0.2) is 0 Å². The average molecular weight is 235 g/mol. The lowest BCUT2D eigenvalue weighted by molar-refractivity contribution is -0.141. The first-order chi connectivity index (χ1) is 7.63. The molecule has 1 aromatic carbocycles. The molecular weight excluding hydrogens is 214 g/mol. The van der Waals surface area contributed by atoms with Gasteiger partial charge in [0.2, 0.25) is 0 Å². The Hall–Kier alpha value is -1.51. The highest BCUT2D eigenvalue weighted by Gasteiger charge is 2.26. The average Bonchev–Trinajstić information content (AvgIpc) is 2.16. The molecule has 17 heavy (non-hydrogen) atoms. The number of hydrogen-bond donors (Lipinski definition) is 2. The van der Waals surface area contributed by atoms with E-state index in [4.69, 9.17) is 5.11 Å². The van der Waals surface area contributed by atoms with Crippen LogP contribution in [0.25, 0.3) is 0 Å². The molecule has 1 rings (SSSR count). The van der Waals surface area contributed by atoms with Crippen LogP contribution in [0.4, 0.5) is 5.69 Å². The summed E-state index contributed by atoms with van der Waals surface area (Å²) in [6, 6.07) is 7.90. The molecule has 0 bridgehead atoms. The first-order valence-electron chi connectivity index (χ1n) is 5.75. The molecule has 0 atom stereocenters. The molecule has 0 saturated heterocycles. The van der Waals surface area contributed by atoms with Crippen molar-refractivity contribution in [3.63, 3.8) is 0 Å². The smallest absolute Gasteiger partial charge is 0.328 e. The Labute approximate surface area is 103 Å². The molecule has 3 nitrogen and oxygen atoms in total. The lowest BCUT2D eigenvalue weighted by Gasteiger charge is -2.24. The second kappa shape index (κ2) is 4.40. The normalized spacial score (nSPS) is 12.3. The molecule has 0 spiro atoms. The Morgan fingerprint density at radius 2 is 1.53 bits per heavy atom. The monoisotopic (exact) mass is 235 g/mol. The van der Waals surface area contributed by atoms with Gasteiger partial charge in [-0.1, -0.05) is 32.9 Å². The SMILES string of the molecule is CC(C)(Nc1ccc(C(C)(C)C)cc1)C(=O)O. The van der Waals surface area contributed by atoms with E-state index in [-0.39, 0.29) is 5.41 Å². The van der Waals surface area contributed by atoms with Crippen LogP contribution < -0.4 is 5.32 Å². The highest BCUT2D eigenvalue weighted by molar-refractivity contribution is 5.81. The molecule has 3 heteroatoms. The Kier molecular flexibility index (Phi) is 3.51. The molecule has 0 aliphatic carbocycles. The third kappa shape index (κ3) is 3.48. The van der Waals surface area contributed by atoms with Gasteiger partial charge >= 0.3 is 5.97 Å². The van der Waals surface area contributed by atoms with Crippen molar-refractivity contribution in [3.8, 4) is 0 Å². The van der Waals surface area contributed by atoms with E-state index in [1.807, 2.05) is 24.3 Å². The van der Waals surface area contributed by atoms with E-state index in [1.165, 1.54) is 5.56 Å². The Bertz CT molecular complexity index is 399. The van der Waals surface area contributed by atoms with Crippen molar-refractivity contribution in [1.82, 2.24) is 0 Å². The van der Waals surface area contributed by atoms with Gasteiger partial charge in [0.05, 0.1) is 0 Å². The van der Waals surface area contributed by atoms with Gasteiger partial charge in [0.1, 0.15) is 5.54 Å². The molecule has 1 aromatic rings. The zero-order chi connectivity index (χ0) is 13.3. The fourth-order valence-corrected chi connectivity index (χ4v) is 1.47. The highest BCUT2D eigenvalue weighted by Crippen LogP contribution is 2.24. The zero-order valence-corrected chi connectivity index (χ0v) is 11.2. The van der Waals surface area contributed by atoms with E-state index in [9.17, 15) is 4.79 Å². The minimum Gasteiger partial charge on any atom is -0.480 e. The summed E-state index contributed by atoms with van der Waals surface area (Å²) in [5.74, 6) is -0.864. The maximum atomic E-state index is 11.0. The minimum atomic E-state index is -0.955. The van der Waals surface area contributed by atoms with Crippen LogP contribution >= 0.6 is 0 Å². The van der Waals surface area contributed by atoms with Gasteiger partial charge in [0, 0.05) is 5.69 Å². The molecule has 0 aliphatic rings. The number of benzene rings is 1. The molecular formula is C14H21NO2. The van der Waals surface area contributed by atoms with E-state index in [2.05, 4.69) is 26.1 Å². The Morgan fingerprint density at radius 1 is 1.06 bits per heavy atom. The van der Waals surface area contributed by atoms with Gasteiger partial charge in [-0.15, -0.1) is 0 Å². The van der Waals surface area contributed by atoms with Crippen molar-refractivity contribution in [2.75, 3.05) is 5.32 Å². The summed E-state index contributed by atoms with van der Waals surface area (Å²) in [6.07, 6.45) is 0. The van der Waals surface area contributed by atoms with Crippen molar-refractivity contribution in [3.05, 3.63) is 29.8 Å². The molecule has 2 N–H and O–H groups in total. The summed E-state index contributed by atoms with van der Waals surface area (Å²) < 4.78 is 0. The predicted molar refractivity (Wildman–Crippen MR) is 70.5 cm³/mol.